The number of allylic oxidation sites excluding steroid dienone is 1. The molecule has 0 saturated carbocycles. The fraction of sp³-hybridized carbons (Fsp3) is 0.133. The van der Waals surface area contributed by atoms with Crippen LogP contribution in [0.3, 0.4) is 0 Å². The number of benzene rings is 4. The van der Waals surface area contributed by atoms with Crippen molar-refractivity contribution in [1.82, 2.24) is 0 Å². The fourth-order valence-corrected chi connectivity index (χ4v) is 3.80. The van der Waals surface area contributed by atoms with Gasteiger partial charge in [0.15, 0.2) is 23.2 Å². The molecule has 0 spiro atoms. The van der Waals surface area contributed by atoms with Gasteiger partial charge in [-0.05, 0) is 54.8 Å². The maximum Gasteiger partial charge on any atom is 0.201 e. The van der Waals surface area contributed by atoms with Gasteiger partial charge in [-0.1, -0.05) is 60.7 Å². The molecular weight excluding hydrogens is 468 g/mol. The van der Waals surface area contributed by atoms with Gasteiger partial charge in [0.25, 0.3) is 0 Å². The zero-order chi connectivity index (χ0) is 25.7. The van der Waals surface area contributed by atoms with Crippen molar-refractivity contribution in [2.24, 2.45) is 0 Å². The summed E-state index contributed by atoms with van der Waals surface area (Å²) < 4.78 is 68.8. The van der Waals surface area contributed by atoms with Crippen LogP contribution in [0.2, 0.25) is 0 Å². The number of hydrogen-bond donors (Lipinski definition) is 0. The largest absolute Gasteiger partial charge is 0.491 e. The van der Waals surface area contributed by atoms with Crippen LogP contribution in [-0.2, 0) is 6.61 Å². The third kappa shape index (κ3) is 5.28. The van der Waals surface area contributed by atoms with Gasteiger partial charge in [-0.15, -0.1) is 0 Å². The minimum absolute atomic E-state index is 0.0301. The Morgan fingerprint density at radius 2 is 1.22 bits per heavy atom. The van der Waals surface area contributed by atoms with Crippen LogP contribution in [0.4, 0.5) is 17.6 Å². The third-order valence-corrected chi connectivity index (χ3v) is 5.65. The van der Waals surface area contributed by atoms with E-state index in [1.165, 1.54) is 18.2 Å². The maximum atomic E-state index is 15.0. The Balaban J connectivity index is 1.49. The molecule has 0 atom stereocenters. The van der Waals surface area contributed by atoms with Gasteiger partial charge in [-0.25, -0.2) is 13.2 Å². The van der Waals surface area contributed by atoms with Crippen LogP contribution in [0.15, 0.2) is 78.9 Å². The van der Waals surface area contributed by atoms with Crippen molar-refractivity contribution in [1.29, 1.82) is 0 Å². The Labute approximate surface area is 207 Å². The highest BCUT2D eigenvalue weighted by atomic mass is 19.2. The van der Waals surface area contributed by atoms with Crippen molar-refractivity contribution in [3.63, 3.8) is 0 Å². The second-order valence-corrected chi connectivity index (χ2v) is 8.01. The summed E-state index contributed by atoms with van der Waals surface area (Å²) in [7, 11) is 0. The number of rotatable bonds is 8. The first-order chi connectivity index (χ1) is 17.4. The molecule has 2 nitrogen and oxygen atoms in total. The van der Waals surface area contributed by atoms with Crippen LogP contribution in [0.25, 0.3) is 28.3 Å². The molecule has 0 aliphatic heterocycles. The summed E-state index contributed by atoms with van der Waals surface area (Å²) in [4.78, 5) is 0. The van der Waals surface area contributed by atoms with Gasteiger partial charge >= 0.3 is 0 Å². The van der Waals surface area contributed by atoms with Gasteiger partial charge in [0, 0.05) is 16.7 Å². The topological polar surface area (TPSA) is 18.5 Å². The van der Waals surface area contributed by atoms with Crippen LogP contribution in [0, 0.1) is 23.3 Å². The normalized spacial score (nSPS) is 11.2. The van der Waals surface area contributed by atoms with Crippen molar-refractivity contribution in [2.75, 3.05) is 6.61 Å². The van der Waals surface area contributed by atoms with Crippen LogP contribution in [0.5, 0.6) is 11.5 Å². The smallest absolute Gasteiger partial charge is 0.201 e. The highest BCUT2D eigenvalue weighted by molar-refractivity contribution is 5.72. The standard InChI is InChI=1S/C30H24F4O2/c1-3-5-19-6-8-20(9-7-19)24-15-16-25(29(33)28(24)32)21-10-13-23(14-11-21)36-18-22-12-17-26(35-4-2)30(34)27(22)31/h3,5-17H,4,18H2,1-2H3. The van der Waals surface area contributed by atoms with Gasteiger partial charge in [0.05, 0.1) is 6.61 Å². The lowest BCUT2D eigenvalue weighted by Gasteiger charge is -2.12. The van der Waals surface area contributed by atoms with E-state index >= 15 is 0 Å². The number of ether oxygens (including phenoxy) is 2. The van der Waals surface area contributed by atoms with E-state index in [9.17, 15) is 17.6 Å². The van der Waals surface area contributed by atoms with Gasteiger partial charge in [-0.3, -0.25) is 0 Å². The average molecular weight is 493 g/mol. The summed E-state index contributed by atoms with van der Waals surface area (Å²) in [5, 5.41) is 0. The predicted octanol–water partition coefficient (Wildman–Crippen LogP) is 8.59. The molecule has 0 fully saturated rings. The second-order valence-electron chi connectivity index (χ2n) is 8.01. The maximum absolute atomic E-state index is 15.0. The molecule has 36 heavy (non-hydrogen) atoms. The molecule has 4 aromatic carbocycles. The third-order valence-electron chi connectivity index (χ3n) is 5.65. The molecule has 0 aromatic heterocycles. The van der Waals surface area contributed by atoms with Crippen LogP contribution < -0.4 is 9.47 Å². The molecular formula is C30H24F4O2. The first-order valence-corrected chi connectivity index (χ1v) is 11.5. The van der Waals surface area contributed by atoms with Crippen molar-refractivity contribution in [3.05, 3.63) is 113 Å². The molecule has 6 heteroatoms. The molecule has 0 amide bonds. The van der Waals surface area contributed by atoms with Gasteiger partial charge in [0.2, 0.25) is 5.82 Å². The van der Waals surface area contributed by atoms with Gasteiger partial charge in [0.1, 0.15) is 12.4 Å². The summed E-state index contributed by atoms with van der Waals surface area (Å²) >= 11 is 0. The lowest BCUT2D eigenvalue weighted by atomic mass is 9.98. The summed E-state index contributed by atoms with van der Waals surface area (Å²) in [5.74, 6) is -3.78. The van der Waals surface area contributed by atoms with E-state index in [0.29, 0.717) is 16.9 Å². The van der Waals surface area contributed by atoms with E-state index in [1.807, 2.05) is 31.2 Å². The minimum Gasteiger partial charge on any atom is -0.491 e. The van der Waals surface area contributed by atoms with E-state index in [2.05, 4.69) is 0 Å². The summed E-state index contributed by atoms with van der Waals surface area (Å²) in [6.45, 7) is 3.59. The minimum atomic E-state index is -1.07. The molecule has 0 N–H and O–H groups in total. The Morgan fingerprint density at radius 3 is 1.78 bits per heavy atom. The predicted molar refractivity (Wildman–Crippen MR) is 134 cm³/mol. The summed E-state index contributed by atoms with van der Waals surface area (Å²) in [6, 6.07) is 19.3. The molecule has 4 aromatic rings. The highest BCUT2D eigenvalue weighted by Crippen LogP contribution is 2.33. The molecule has 0 aliphatic carbocycles. The first-order valence-electron chi connectivity index (χ1n) is 11.5. The Kier molecular flexibility index (Phi) is 7.74. The first kappa shape index (κ1) is 25.0. The SMILES string of the molecule is CC=Cc1ccc(-c2ccc(-c3ccc(OCc4ccc(OCC)c(F)c4F)cc3)c(F)c2F)cc1. The van der Waals surface area contributed by atoms with Gasteiger partial charge in [-0.2, -0.15) is 4.39 Å². The van der Waals surface area contributed by atoms with Crippen LogP contribution in [0.1, 0.15) is 25.0 Å². The van der Waals surface area contributed by atoms with Gasteiger partial charge < -0.3 is 9.47 Å². The Morgan fingerprint density at radius 1 is 0.639 bits per heavy atom. The quantitative estimate of drug-likeness (QED) is 0.229. The number of halogens is 4. The van der Waals surface area contributed by atoms with Crippen LogP contribution >= 0.6 is 0 Å². The van der Waals surface area contributed by atoms with Crippen molar-refractivity contribution >= 4 is 6.08 Å². The molecule has 0 radical (unpaired) electrons. The van der Waals surface area contributed by atoms with Crippen molar-refractivity contribution in [3.8, 4) is 33.8 Å². The molecule has 4 rings (SSSR count). The summed E-state index contributed by atoms with van der Waals surface area (Å²) in [5.41, 5.74) is 2.31. The zero-order valence-corrected chi connectivity index (χ0v) is 19.8. The lowest BCUT2D eigenvalue weighted by molar-refractivity contribution is 0.289. The van der Waals surface area contributed by atoms with E-state index in [4.69, 9.17) is 9.47 Å². The Hall–Kier alpha value is -4.06. The molecule has 0 unspecified atom stereocenters. The molecule has 0 bridgehead atoms. The van der Waals surface area contributed by atoms with Crippen molar-refractivity contribution < 1.29 is 27.0 Å². The van der Waals surface area contributed by atoms with E-state index in [0.717, 1.165) is 5.56 Å². The van der Waals surface area contributed by atoms with Crippen molar-refractivity contribution in [2.45, 2.75) is 20.5 Å². The van der Waals surface area contributed by atoms with E-state index in [1.54, 1.807) is 49.4 Å². The molecule has 0 saturated heterocycles. The number of hydrogen-bond acceptors (Lipinski definition) is 2. The molecule has 0 aliphatic rings. The zero-order valence-electron chi connectivity index (χ0n) is 19.8. The Bertz CT molecular complexity index is 1380. The van der Waals surface area contributed by atoms with Crippen LogP contribution in [-0.4, -0.2) is 6.61 Å². The molecule has 0 heterocycles. The average Bonchev–Trinajstić information content (AvgIpc) is 2.89. The fourth-order valence-electron chi connectivity index (χ4n) is 3.80. The lowest BCUT2D eigenvalue weighted by Crippen LogP contribution is -2.03. The summed E-state index contributed by atoms with van der Waals surface area (Å²) in [6.07, 6.45) is 3.82. The second kappa shape index (κ2) is 11.1. The van der Waals surface area contributed by atoms with E-state index in [-0.39, 0.29) is 35.7 Å². The van der Waals surface area contributed by atoms with E-state index < -0.39 is 23.3 Å². The monoisotopic (exact) mass is 492 g/mol. The highest BCUT2D eigenvalue weighted by Gasteiger charge is 2.17. The molecule has 184 valence electrons.